The van der Waals surface area contributed by atoms with Gasteiger partial charge in [-0.15, -0.1) is 0 Å². The van der Waals surface area contributed by atoms with Crippen LogP contribution in [-0.4, -0.2) is 150 Å². The van der Waals surface area contributed by atoms with Crippen molar-refractivity contribution in [3.8, 4) is 0 Å². The number of H-pyrrole nitrogens is 2. The van der Waals surface area contributed by atoms with Crippen LogP contribution in [-0.2, 0) is 65.6 Å². The number of hydrogen-bond acceptors (Lipinski definition) is 13. The largest absolute Gasteiger partial charge is 0.481 e. The van der Waals surface area contributed by atoms with Crippen LogP contribution in [0.15, 0.2) is 43.0 Å². The first kappa shape index (κ1) is 60.4. The molecule has 3 rings (SSSR count). The molecule has 74 heavy (non-hydrogen) atoms. The summed E-state index contributed by atoms with van der Waals surface area (Å²) >= 11 is 0. The van der Waals surface area contributed by atoms with Crippen molar-refractivity contribution in [1.29, 1.82) is 0 Å². The van der Waals surface area contributed by atoms with Gasteiger partial charge < -0.3 is 73.6 Å². The van der Waals surface area contributed by atoms with Crippen LogP contribution in [0.3, 0.4) is 0 Å². The molecular weight excluding hydrogens is 969 g/mol. The number of aliphatic carboxylic acids is 3. The first-order valence-electron chi connectivity index (χ1n) is 24.1. The number of para-hydroxylation sites is 1. The highest BCUT2D eigenvalue weighted by Crippen LogP contribution is 2.20. The fraction of sp³-hybridized carbons (Fsp3) is 0.542. The molecule has 0 radical (unpaired) electrons. The average Bonchev–Trinajstić information content (AvgIpc) is 4.01. The molecule has 0 saturated heterocycles. The highest BCUT2D eigenvalue weighted by Gasteiger charge is 2.37. The molecule has 26 nitrogen and oxygen atoms in total. The number of aromatic amines is 2. The Hall–Kier alpha value is -7.90. The Labute approximate surface area is 426 Å². The lowest BCUT2D eigenvalue weighted by Gasteiger charge is -2.30. The Balaban J connectivity index is 1.90. The maximum Gasteiger partial charge on any atom is 0.326 e. The molecule has 8 amide bonds. The fourth-order valence-corrected chi connectivity index (χ4v) is 7.42. The van der Waals surface area contributed by atoms with Crippen LogP contribution < -0.4 is 48.3 Å². The number of nitrogens with zero attached hydrogens (tertiary/aromatic N) is 1. The molecule has 0 aliphatic heterocycles. The summed E-state index contributed by atoms with van der Waals surface area (Å²) in [6, 6.07) is -4.67. The van der Waals surface area contributed by atoms with Crippen molar-refractivity contribution in [2.45, 2.75) is 136 Å². The number of amides is 8. The van der Waals surface area contributed by atoms with E-state index < -0.39 is 151 Å². The number of carbonyl (C=O) groups excluding carboxylic acids is 8. The molecular formula is C48H70N12O14. The predicted molar refractivity (Wildman–Crippen MR) is 265 cm³/mol. The number of carbonyl (C=O) groups is 11. The van der Waals surface area contributed by atoms with E-state index in [2.05, 4.69) is 57.5 Å². The quantitative estimate of drug-likeness (QED) is 0.0364. The van der Waals surface area contributed by atoms with Gasteiger partial charge in [-0.3, -0.25) is 43.2 Å². The molecule has 0 unspecified atom stereocenters. The second kappa shape index (κ2) is 28.4. The van der Waals surface area contributed by atoms with Crippen LogP contribution in [0.5, 0.6) is 0 Å². The minimum Gasteiger partial charge on any atom is -0.481 e. The molecule has 0 bridgehead atoms. The van der Waals surface area contributed by atoms with Crippen molar-refractivity contribution >= 4 is 76.1 Å². The Bertz CT molecular complexity index is 2470. The summed E-state index contributed by atoms with van der Waals surface area (Å²) in [5.41, 5.74) is 7.49. The lowest BCUT2D eigenvalue weighted by Crippen LogP contribution is -2.62. The van der Waals surface area contributed by atoms with Crippen LogP contribution in [0.1, 0.15) is 85.9 Å². The Morgan fingerprint density at radius 3 is 1.69 bits per heavy atom. The molecule has 15 N–H and O–H groups in total. The minimum atomic E-state index is -1.89. The second-order valence-electron chi connectivity index (χ2n) is 19.0. The molecule has 2 heterocycles. The van der Waals surface area contributed by atoms with Gasteiger partial charge in [0, 0.05) is 41.8 Å². The number of nitrogens with one attached hydrogen (secondary N) is 10. The molecule has 2 aromatic heterocycles. The number of carboxylic acids is 3. The van der Waals surface area contributed by atoms with Crippen LogP contribution in [0.2, 0.25) is 0 Å². The van der Waals surface area contributed by atoms with Gasteiger partial charge in [0.1, 0.15) is 42.3 Å². The molecule has 0 aliphatic rings. The van der Waals surface area contributed by atoms with Gasteiger partial charge in [-0.2, -0.15) is 0 Å². The Morgan fingerprint density at radius 2 is 1.14 bits per heavy atom. The number of fused-ring (bicyclic) bond motifs is 1. The van der Waals surface area contributed by atoms with Gasteiger partial charge >= 0.3 is 17.9 Å². The average molecular weight is 1040 g/mol. The Morgan fingerprint density at radius 1 is 0.581 bits per heavy atom. The summed E-state index contributed by atoms with van der Waals surface area (Å²) in [4.78, 5) is 154. The molecule has 0 saturated carbocycles. The molecule has 406 valence electrons. The fourth-order valence-electron chi connectivity index (χ4n) is 7.42. The highest BCUT2D eigenvalue weighted by molar-refractivity contribution is 5.99. The summed E-state index contributed by atoms with van der Waals surface area (Å²) in [6.45, 7) is 12.2. The lowest BCUT2D eigenvalue weighted by molar-refractivity contribution is -0.144. The third kappa shape index (κ3) is 18.3. The third-order valence-electron chi connectivity index (χ3n) is 12.1. The topological polar surface area (TPSA) is 415 Å². The summed E-state index contributed by atoms with van der Waals surface area (Å²) in [5, 5.41) is 49.2. The second-order valence-corrected chi connectivity index (χ2v) is 19.0. The van der Waals surface area contributed by atoms with Crippen molar-refractivity contribution in [1.82, 2.24) is 57.5 Å². The van der Waals surface area contributed by atoms with Gasteiger partial charge in [-0.05, 0) is 35.3 Å². The number of nitrogens with two attached hydrogens (primary N) is 1. The minimum absolute atomic E-state index is 0.225. The number of rotatable bonds is 30. The molecule has 3 aromatic rings. The number of aromatic nitrogens is 3. The maximum absolute atomic E-state index is 14.4. The van der Waals surface area contributed by atoms with E-state index in [0.717, 1.165) is 0 Å². The molecule has 0 spiro atoms. The lowest BCUT2D eigenvalue weighted by atomic mass is 9.96. The van der Waals surface area contributed by atoms with Crippen LogP contribution in [0.25, 0.3) is 10.9 Å². The van der Waals surface area contributed by atoms with Gasteiger partial charge in [0.05, 0.1) is 31.8 Å². The molecule has 26 heteroatoms. The van der Waals surface area contributed by atoms with Gasteiger partial charge in [0.25, 0.3) is 0 Å². The van der Waals surface area contributed by atoms with E-state index in [1.807, 2.05) is 0 Å². The third-order valence-corrected chi connectivity index (χ3v) is 12.1. The van der Waals surface area contributed by atoms with Crippen molar-refractivity contribution in [3.05, 3.63) is 54.2 Å². The molecule has 0 aliphatic carbocycles. The van der Waals surface area contributed by atoms with E-state index >= 15 is 0 Å². The molecule has 1 aromatic carbocycles. The predicted octanol–water partition coefficient (Wildman–Crippen LogP) is -1.44. The van der Waals surface area contributed by atoms with Gasteiger partial charge in [-0.25, -0.2) is 14.6 Å². The van der Waals surface area contributed by atoms with E-state index in [1.54, 1.807) is 85.9 Å². The first-order chi connectivity index (χ1) is 34.7. The maximum atomic E-state index is 14.4. The van der Waals surface area contributed by atoms with Crippen molar-refractivity contribution in [2.75, 3.05) is 6.54 Å². The van der Waals surface area contributed by atoms with Gasteiger partial charge in [0.15, 0.2) is 0 Å². The number of benzene rings is 1. The van der Waals surface area contributed by atoms with Gasteiger partial charge in [0.2, 0.25) is 47.3 Å². The summed E-state index contributed by atoms with van der Waals surface area (Å²) in [5.74, 6) is -13.9. The number of hydrogen-bond donors (Lipinski definition) is 14. The van der Waals surface area contributed by atoms with E-state index in [9.17, 15) is 68.1 Å². The zero-order valence-electron chi connectivity index (χ0n) is 42.6. The number of imidazole rings is 1. The van der Waals surface area contributed by atoms with E-state index in [-0.39, 0.29) is 18.8 Å². The first-order valence-corrected chi connectivity index (χ1v) is 24.1. The summed E-state index contributed by atoms with van der Waals surface area (Å²) in [7, 11) is 0. The van der Waals surface area contributed by atoms with Gasteiger partial charge in [-0.1, -0.05) is 80.0 Å². The van der Waals surface area contributed by atoms with E-state index in [4.69, 9.17) is 5.73 Å². The number of carboxylic acid groups (broad SMARTS) is 3. The van der Waals surface area contributed by atoms with Crippen LogP contribution in [0, 0.1) is 23.7 Å². The van der Waals surface area contributed by atoms with Crippen molar-refractivity contribution in [2.24, 2.45) is 29.4 Å². The molecule has 9 atom stereocenters. The Kier molecular flexibility index (Phi) is 23.2. The smallest absolute Gasteiger partial charge is 0.326 e. The summed E-state index contributed by atoms with van der Waals surface area (Å²) < 4.78 is 0. The van der Waals surface area contributed by atoms with E-state index in [0.29, 0.717) is 28.6 Å². The van der Waals surface area contributed by atoms with Crippen molar-refractivity contribution in [3.63, 3.8) is 0 Å². The van der Waals surface area contributed by atoms with Crippen LogP contribution in [0.4, 0.5) is 0 Å². The SMILES string of the molecule is CC[C@H](C)[C@H](NC(=O)[C@H](CC(=O)O)NC(=O)[C@@H](N)C(C)C)C(=O)N[C@@H](Cc1cnc[nH]1)C(=O)N[C@H](C(=O)N[C@@H](Cc1c[nH]c2ccccc12)C(=O)N[C@@H](CC(=O)NCC(=O)N[C@H](C(=O)O)C(C)C)C(=O)O)C(C)C. The van der Waals surface area contributed by atoms with Crippen LogP contribution >= 0.6 is 0 Å². The monoisotopic (exact) mass is 1040 g/mol. The van der Waals surface area contributed by atoms with E-state index in [1.165, 1.54) is 12.5 Å². The normalized spacial score (nSPS) is 15.0. The zero-order chi connectivity index (χ0) is 55.6. The highest BCUT2D eigenvalue weighted by atomic mass is 16.4. The zero-order valence-corrected chi connectivity index (χ0v) is 42.6. The summed E-state index contributed by atoms with van der Waals surface area (Å²) in [6.07, 6.45) is 2.42. The molecule has 0 fully saturated rings. The standard InChI is InChI=1S/C48H70N12O14/c1-9-25(8)40(60-43(67)32(17-36(63)64)54-44(68)37(49)22(2)3)46(70)56-31(15-27-19-50-21-53-27)42(66)59-38(23(4)5)45(69)55-30(14-26-18-51-29-13-11-10-12-28(26)29)41(65)57-33(47(71)72)16-34(61)52-20-35(62)58-39(24(6)7)48(73)74/h10-13,18-19,21-25,30-33,37-40,51H,9,14-17,20,49H2,1-8H3,(H,50,53)(H,52,61)(H,54,68)(H,55,69)(H,56,70)(H,57,65)(H,58,62)(H,59,66)(H,60,67)(H,63,64)(H,71,72)(H,73,74)/t25-,30-,31-,32-,33-,37-,38-,39-,40-/m0/s1. The van der Waals surface area contributed by atoms with Crippen molar-refractivity contribution < 1.29 is 68.1 Å².